The van der Waals surface area contributed by atoms with Crippen LogP contribution in [0.5, 0.6) is 0 Å². The van der Waals surface area contributed by atoms with E-state index in [1.165, 1.54) is 0 Å². The van der Waals surface area contributed by atoms with Crippen molar-refractivity contribution in [2.45, 2.75) is 40.0 Å². The van der Waals surface area contributed by atoms with Gasteiger partial charge in [0.05, 0.1) is 0 Å². The molecule has 26 heavy (non-hydrogen) atoms. The van der Waals surface area contributed by atoms with Crippen molar-refractivity contribution in [3.05, 3.63) is 70.8 Å². The van der Waals surface area contributed by atoms with E-state index >= 15 is 0 Å². The zero-order valence-electron chi connectivity index (χ0n) is 15.5. The Bertz CT molecular complexity index is 811. The number of carbonyl (C=O) groups is 1. The minimum Gasteiger partial charge on any atom is -0.364 e. The van der Waals surface area contributed by atoms with Crippen LogP contribution in [0.25, 0.3) is 0 Å². The Morgan fingerprint density at radius 1 is 1.12 bits per heavy atom. The van der Waals surface area contributed by atoms with E-state index in [0.717, 1.165) is 22.3 Å². The van der Waals surface area contributed by atoms with E-state index in [1.807, 2.05) is 70.2 Å². The molecule has 0 spiro atoms. The Kier molecular flexibility index (Phi) is 4.84. The Hall–Kier alpha value is -3.02. The fraction of sp³-hybridized carbons (Fsp3) is 0.300. The highest BCUT2D eigenvalue weighted by molar-refractivity contribution is 6.00. The van der Waals surface area contributed by atoms with Crippen LogP contribution in [0.4, 0.5) is 4.79 Å². The van der Waals surface area contributed by atoms with Gasteiger partial charge in [0.2, 0.25) is 5.72 Å². The number of urea groups is 1. The molecule has 2 N–H and O–H groups in total. The van der Waals surface area contributed by atoms with Gasteiger partial charge in [-0.15, -0.1) is 0 Å². The predicted octanol–water partition coefficient (Wildman–Crippen LogP) is 3.45. The van der Waals surface area contributed by atoms with Gasteiger partial charge < -0.3 is 10.2 Å². The lowest BCUT2D eigenvalue weighted by atomic mass is 10.1. The number of hydrogen-bond donors (Lipinski definition) is 2. The second-order valence-corrected chi connectivity index (χ2v) is 6.94. The van der Waals surface area contributed by atoms with E-state index in [1.54, 1.807) is 5.01 Å². The Morgan fingerprint density at radius 3 is 2.42 bits per heavy atom. The summed E-state index contributed by atoms with van der Waals surface area (Å²) in [5.74, 6) is 0.580. The summed E-state index contributed by atoms with van der Waals surface area (Å²) in [5, 5.41) is 8.70. The highest BCUT2D eigenvalue weighted by Crippen LogP contribution is 2.25. The van der Waals surface area contributed by atoms with E-state index in [-0.39, 0.29) is 6.03 Å². The summed E-state index contributed by atoms with van der Waals surface area (Å²) < 4.78 is 0. The summed E-state index contributed by atoms with van der Waals surface area (Å²) in [7, 11) is 0. The van der Waals surface area contributed by atoms with Crippen LogP contribution in [0, 0.1) is 13.8 Å². The van der Waals surface area contributed by atoms with Gasteiger partial charge in [-0.2, -0.15) is 0 Å². The van der Waals surface area contributed by atoms with Gasteiger partial charge in [-0.05, 0) is 45.4 Å². The average molecular weight is 352 g/mol. The number of benzene rings is 2. The normalized spacial score (nSPS) is 15.2. The van der Waals surface area contributed by atoms with Gasteiger partial charge in [0.25, 0.3) is 0 Å². The van der Waals surface area contributed by atoms with Gasteiger partial charge >= 0.3 is 6.03 Å². The van der Waals surface area contributed by atoms with E-state index in [2.05, 4.69) is 22.0 Å². The van der Waals surface area contributed by atoms with Gasteiger partial charge in [-0.1, -0.05) is 52.7 Å². The standard InChI is InChI=1S/C20H24N4O2/c1-14-10-15(2)12-17(11-14)18-23-26-20(3,4)24(18)22-19(25)21-13-16-8-6-5-7-9-16/h5-12H,13H2,1-4H3,(H2,21,22,25). The molecule has 0 aliphatic carbocycles. The molecule has 0 fully saturated rings. The van der Waals surface area contributed by atoms with E-state index in [9.17, 15) is 4.79 Å². The van der Waals surface area contributed by atoms with Crippen molar-refractivity contribution in [1.29, 1.82) is 0 Å². The number of amides is 2. The summed E-state index contributed by atoms with van der Waals surface area (Å²) >= 11 is 0. The number of hydrogen-bond acceptors (Lipinski definition) is 4. The molecule has 136 valence electrons. The summed E-state index contributed by atoms with van der Waals surface area (Å²) in [5.41, 5.74) is 6.26. The van der Waals surface area contributed by atoms with Crippen LogP contribution in [0.1, 0.15) is 36.1 Å². The highest BCUT2D eigenvalue weighted by Gasteiger charge is 2.39. The van der Waals surface area contributed by atoms with Gasteiger partial charge in [0.1, 0.15) is 0 Å². The van der Waals surface area contributed by atoms with Crippen molar-refractivity contribution in [2.24, 2.45) is 5.16 Å². The largest absolute Gasteiger partial charge is 0.364 e. The van der Waals surface area contributed by atoms with Crippen molar-refractivity contribution in [3.8, 4) is 0 Å². The maximum Gasteiger partial charge on any atom is 0.334 e. The second-order valence-electron chi connectivity index (χ2n) is 6.94. The lowest BCUT2D eigenvalue weighted by molar-refractivity contribution is -0.0811. The Labute approximate surface area is 153 Å². The second kappa shape index (κ2) is 7.07. The number of nitrogens with zero attached hydrogens (tertiary/aromatic N) is 2. The molecular weight excluding hydrogens is 328 g/mol. The van der Waals surface area contributed by atoms with Crippen LogP contribution in [0.15, 0.2) is 53.7 Å². The van der Waals surface area contributed by atoms with Crippen LogP contribution in [-0.2, 0) is 11.4 Å². The van der Waals surface area contributed by atoms with Crippen molar-refractivity contribution in [3.63, 3.8) is 0 Å². The molecule has 6 heteroatoms. The zero-order valence-corrected chi connectivity index (χ0v) is 15.5. The smallest absolute Gasteiger partial charge is 0.334 e. The minimum absolute atomic E-state index is 0.315. The molecule has 1 aliphatic heterocycles. The molecule has 2 amide bonds. The predicted molar refractivity (Wildman–Crippen MR) is 101 cm³/mol. The third kappa shape index (κ3) is 3.96. The third-order valence-corrected chi connectivity index (χ3v) is 4.09. The van der Waals surface area contributed by atoms with Gasteiger partial charge in [-0.25, -0.2) is 15.2 Å². The minimum atomic E-state index is -0.781. The van der Waals surface area contributed by atoms with Crippen LogP contribution in [-0.4, -0.2) is 22.6 Å². The van der Waals surface area contributed by atoms with E-state index in [4.69, 9.17) is 4.84 Å². The number of oxime groups is 1. The third-order valence-electron chi connectivity index (χ3n) is 4.09. The van der Waals surface area contributed by atoms with Crippen molar-refractivity contribution in [2.75, 3.05) is 0 Å². The number of carbonyl (C=O) groups excluding carboxylic acids is 1. The fourth-order valence-corrected chi connectivity index (χ4v) is 2.88. The molecular formula is C20H24N4O2. The first-order valence-corrected chi connectivity index (χ1v) is 8.59. The molecule has 2 aromatic rings. The summed E-state index contributed by atoms with van der Waals surface area (Å²) in [6.45, 7) is 8.20. The Morgan fingerprint density at radius 2 is 1.77 bits per heavy atom. The van der Waals surface area contributed by atoms with Crippen LogP contribution >= 0.6 is 0 Å². The highest BCUT2D eigenvalue weighted by atomic mass is 16.7. The van der Waals surface area contributed by atoms with Crippen LogP contribution in [0.3, 0.4) is 0 Å². The van der Waals surface area contributed by atoms with Crippen molar-refractivity contribution in [1.82, 2.24) is 15.8 Å². The maximum atomic E-state index is 12.4. The molecule has 2 aromatic carbocycles. The lowest BCUT2D eigenvalue weighted by Crippen LogP contribution is -2.56. The summed E-state index contributed by atoms with van der Waals surface area (Å²) in [4.78, 5) is 17.9. The topological polar surface area (TPSA) is 66.0 Å². The molecule has 1 heterocycles. The van der Waals surface area contributed by atoms with Crippen molar-refractivity contribution >= 4 is 11.9 Å². The zero-order chi connectivity index (χ0) is 18.7. The number of nitrogens with one attached hydrogen (secondary N) is 2. The van der Waals surface area contributed by atoms with E-state index in [0.29, 0.717) is 12.4 Å². The first-order valence-electron chi connectivity index (χ1n) is 8.59. The molecule has 0 radical (unpaired) electrons. The summed E-state index contributed by atoms with van der Waals surface area (Å²) in [6.07, 6.45) is 0. The number of rotatable bonds is 4. The van der Waals surface area contributed by atoms with Gasteiger partial charge in [-0.3, -0.25) is 0 Å². The average Bonchev–Trinajstić information content (AvgIpc) is 2.88. The SMILES string of the molecule is Cc1cc(C)cc(C2=NOC(C)(C)N2NC(=O)NCc2ccccc2)c1. The van der Waals surface area contributed by atoms with Gasteiger partial charge in [0, 0.05) is 12.1 Å². The molecule has 6 nitrogen and oxygen atoms in total. The molecule has 0 saturated heterocycles. The molecule has 0 atom stereocenters. The van der Waals surface area contributed by atoms with Crippen LogP contribution in [0.2, 0.25) is 0 Å². The lowest BCUT2D eigenvalue weighted by Gasteiger charge is -2.31. The monoisotopic (exact) mass is 352 g/mol. The Balaban J connectivity index is 1.73. The van der Waals surface area contributed by atoms with Gasteiger partial charge in [0.15, 0.2) is 5.84 Å². The first kappa shape index (κ1) is 17.8. The molecule has 1 aliphatic rings. The number of hydrazine groups is 1. The van der Waals surface area contributed by atoms with E-state index < -0.39 is 5.72 Å². The first-order chi connectivity index (χ1) is 12.3. The fourth-order valence-electron chi connectivity index (χ4n) is 2.88. The molecule has 0 unspecified atom stereocenters. The van der Waals surface area contributed by atoms with Crippen LogP contribution < -0.4 is 10.7 Å². The van der Waals surface area contributed by atoms with Crippen molar-refractivity contribution < 1.29 is 9.63 Å². The number of aryl methyl sites for hydroxylation is 2. The number of amidine groups is 1. The molecule has 0 aromatic heterocycles. The molecule has 3 rings (SSSR count). The molecule has 0 saturated carbocycles. The summed E-state index contributed by atoms with van der Waals surface area (Å²) in [6, 6.07) is 15.6. The quantitative estimate of drug-likeness (QED) is 0.886. The molecule has 0 bridgehead atoms. The maximum absolute atomic E-state index is 12.4.